The van der Waals surface area contributed by atoms with Crippen molar-refractivity contribution in [1.82, 2.24) is 0 Å². The molecule has 0 heterocycles. The summed E-state index contributed by atoms with van der Waals surface area (Å²) in [5, 5.41) is 11.2. The summed E-state index contributed by atoms with van der Waals surface area (Å²) in [6.45, 7) is 0.294. The fourth-order valence-electron chi connectivity index (χ4n) is 1.06. The lowest BCUT2D eigenvalue weighted by Crippen LogP contribution is -2.30. The number of benzene rings is 1. The average molecular weight is 197 g/mol. The molecule has 0 bridgehead atoms. The molecule has 0 fully saturated rings. The molecular weight excluding hydrogens is 185 g/mol. The van der Waals surface area contributed by atoms with Crippen molar-refractivity contribution < 1.29 is 9.60 Å². The molecular formula is C9H12FN3O. The Hall–Kier alpha value is -1.78. The maximum atomic E-state index is 12.6. The van der Waals surface area contributed by atoms with Gasteiger partial charge in [0.15, 0.2) is 5.84 Å². The van der Waals surface area contributed by atoms with Crippen molar-refractivity contribution in [2.75, 3.05) is 18.5 Å². The summed E-state index contributed by atoms with van der Waals surface area (Å²) in [4.78, 5) is 1.74. The highest BCUT2D eigenvalue weighted by Crippen LogP contribution is 2.12. The van der Waals surface area contributed by atoms with Gasteiger partial charge in [-0.25, -0.2) is 4.39 Å². The van der Waals surface area contributed by atoms with Crippen LogP contribution in [-0.2, 0) is 0 Å². The Morgan fingerprint density at radius 1 is 1.50 bits per heavy atom. The van der Waals surface area contributed by atoms with E-state index in [9.17, 15) is 4.39 Å². The molecule has 0 aliphatic carbocycles. The van der Waals surface area contributed by atoms with Crippen molar-refractivity contribution in [1.29, 1.82) is 0 Å². The lowest BCUT2D eigenvalue weighted by atomic mass is 10.3. The number of halogens is 1. The first-order valence-electron chi connectivity index (χ1n) is 4.06. The monoisotopic (exact) mass is 197 g/mol. The number of nitrogens with zero attached hydrogens (tertiary/aromatic N) is 2. The van der Waals surface area contributed by atoms with Crippen LogP contribution in [0.1, 0.15) is 0 Å². The van der Waals surface area contributed by atoms with Crippen molar-refractivity contribution in [3.05, 3.63) is 30.1 Å². The predicted octanol–water partition coefficient (Wildman–Crippen LogP) is 1.01. The molecule has 0 radical (unpaired) electrons. The molecule has 1 rings (SSSR count). The van der Waals surface area contributed by atoms with E-state index >= 15 is 0 Å². The van der Waals surface area contributed by atoms with Gasteiger partial charge in [-0.15, -0.1) is 0 Å². The molecule has 0 aliphatic rings. The van der Waals surface area contributed by atoms with E-state index in [0.717, 1.165) is 5.69 Å². The second kappa shape index (κ2) is 4.45. The van der Waals surface area contributed by atoms with E-state index in [1.807, 2.05) is 0 Å². The van der Waals surface area contributed by atoms with Gasteiger partial charge in [-0.2, -0.15) is 0 Å². The molecule has 0 unspecified atom stereocenters. The smallest absolute Gasteiger partial charge is 0.158 e. The normalized spacial score (nSPS) is 11.4. The van der Waals surface area contributed by atoms with Crippen LogP contribution in [0.3, 0.4) is 0 Å². The third-order valence-corrected chi connectivity index (χ3v) is 1.80. The van der Waals surface area contributed by atoms with E-state index < -0.39 is 0 Å². The molecule has 0 amide bonds. The summed E-state index contributed by atoms with van der Waals surface area (Å²) in [7, 11) is 1.77. The lowest BCUT2D eigenvalue weighted by molar-refractivity contribution is 0.317. The number of hydrogen-bond donors (Lipinski definition) is 2. The van der Waals surface area contributed by atoms with Crippen LogP contribution in [0.5, 0.6) is 0 Å². The average Bonchev–Trinajstić information content (AvgIpc) is 2.18. The SMILES string of the molecule is CN(CC(N)=NO)c1ccc(F)cc1. The Balaban J connectivity index is 2.70. The first kappa shape index (κ1) is 10.3. The highest BCUT2D eigenvalue weighted by Gasteiger charge is 2.02. The fourth-order valence-corrected chi connectivity index (χ4v) is 1.06. The third-order valence-electron chi connectivity index (χ3n) is 1.80. The molecule has 0 saturated carbocycles. The molecule has 0 saturated heterocycles. The van der Waals surface area contributed by atoms with Crippen LogP contribution in [0, 0.1) is 5.82 Å². The minimum absolute atomic E-state index is 0.108. The first-order valence-corrected chi connectivity index (χ1v) is 4.06. The maximum absolute atomic E-state index is 12.6. The number of anilines is 1. The van der Waals surface area contributed by atoms with Gasteiger partial charge >= 0.3 is 0 Å². The topological polar surface area (TPSA) is 61.8 Å². The highest BCUT2D eigenvalue weighted by molar-refractivity contribution is 5.84. The zero-order valence-corrected chi connectivity index (χ0v) is 7.81. The van der Waals surface area contributed by atoms with Crippen LogP contribution in [0.15, 0.2) is 29.4 Å². The maximum Gasteiger partial charge on any atom is 0.158 e. The van der Waals surface area contributed by atoms with Crippen LogP contribution in [0.25, 0.3) is 0 Å². The van der Waals surface area contributed by atoms with Gasteiger partial charge in [-0.1, -0.05) is 5.16 Å². The number of nitrogens with two attached hydrogens (primary N) is 1. The molecule has 1 aromatic rings. The minimum Gasteiger partial charge on any atom is -0.409 e. The van der Waals surface area contributed by atoms with Crippen LogP contribution in [0.2, 0.25) is 0 Å². The van der Waals surface area contributed by atoms with E-state index in [4.69, 9.17) is 10.9 Å². The highest BCUT2D eigenvalue weighted by atomic mass is 19.1. The zero-order chi connectivity index (χ0) is 10.6. The second-order valence-corrected chi connectivity index (χ2v) is 2.92. The van der Waals surface area contributed by atoms with Gasteiger partial charge in [-0.05, 0) is 24.3 Å². The zero-order valence-electron chi connectivity index (χ0n) is 7.81. The molecule has 5 heteroatoms. The van der Waals surface area contributed by atoms with Gasteiger partial charge < -0.3 is 15.8 Å². The van der Waals surface area contributed by atoms with Crippen molar-refractivity contribution >= 4 is 11.5 Å². The van der Waals surface area contributed by atoms with Crippen LogP contribution >= 0.6 is 0 Å². The van der Waals surface area contributed by atoms with E-state index in [1.54, 1.807) is 24.1 Å². The predicted molar refractivity (Wildman–Crippen MR) is 53.1 cm³/mol. The number of amidine groups is 1. The fraction of sp³-hybridized carbons (Fsp3) is 0.222. The van der Waals surface area contributed by atoms with E-state index in [2.05, 4.69) is 5.16 Å². The molecule has 14 heavy (non-hydrogen) atoms. The molecule has 0 aromatic heterocycles. The number of likely N-dealkylation sites (N-methyl/N-ethyl adjacent to an activating group) is 1. The number of rotatable bonds is 3. The van der Waals surface area contributed by atoms with Gasteiger partial charge in [0.1, 0.15) is 5.82 Å². The first-order chi connectivity index (χ1) is 6.63. The van der Waals surface area contributed by atoms with E-state index in [-0.39, 0.29) is 11.7 Å². The second-order valence-electron chi connectivity index (χ2n) is 2.92. The van der Waals surface area contributed by atoms with Crippen LogP contribution < -0.4 is 10.6 Å². The lowest BCUT2D eigenvalue weighted by Gasteiger charge is -2.17. The van der Waals surface area contributed by atoms with Crippen molar-refractivity contribution in [2.24, 2.45) is 10.9 Å². The summed E-state index contributed by atoms with van der Waals surface area (Å²) in [6.07, 6.45) is 0. The molecule has 0 aliphatic heterocycles. The standard InChI is InChI=1S/C9H12FN3O/c1-13(6-9(11)12-14)8-4-2-7(10)3-5-8/h2-5,14H,6H2,1H3,(H2,11,12). The van der Waals surface area contributed by atoms with Crippen LogP contribution in [0.4, 0.5) is 10.1 Å². The van der Waals surface area contributed by atoms with Crippen molar-refractivity contribution in [3.8, 4) is 0 Å². The summed E-state index contributed by atoms with van der Waals surface area (Å²) < 4.78 is 12.6. The number of hydrogen-bond acceptors (Lipinski definition) is 3. The van der Waals surface area contributed by atoms with Crippen molar-refractivity contribution in [2.45, 2.75) is 0 Å². The Labute approximate surface area is 81.4 Å². The summed E-state index contributed by atoms with van der Waals surface area (Å²) in [6, 6.07) is 5.97. The van der Waals surface area contributed by atoms with Crippen LogP contribution in [-0.4, -0.2) is 24.6 Å². The van der Waals surface area contributed by atoms with Gasteiger partial charge in [0.25, 0.3) is 0 Å². The Bertz CT molecular complexity index is 323. The quantitative estimate of drug-likeness (QED) is 0.329. The molecule has 3 N–H and O–H groups in total. The molecule has 1 aromatic carbocycles. The van der Waals surface area contributed by atoms with E-state index in [1.165, 1.54) is 12.1 Å². The van der Waals surface area contributed by atoms with Gasteiger partial charge in [0.05, 0.1) is 6.54 Å². The van der Waals surface area contributed by atoms with Gasteiger partial charge in [-0.3, -0.25) is 0 Å². The molecule has 0 atom stereocenters. The Kier molecular flexibility index (Phi) is 3.28. The van der Waals surface area contributed by atoms with Crippen molar-refractivity contribution in [3.63, 3.8) is 0 Å². The van der Waals surface area contributed by atoms with E-state index in [0.29, 0.717) is 6.54 Å². The number of oxime groups is 1. The molecule has 76 valence electrons. The largest absolute Gasteiger partial charge is 0.409 e. The van der Waals surface area contributed by atoms with Gasteiger partial charge in [0.2, 0.25) is 0 Å². The third kappa shape index (κ3) is 2.62. The molecule has 4 nitrogen and oxygen atoms in total. The Morgan fingerprint density at radius 3 is 2.57 bits per heavy atom. The Morgan fingerprint density at radius 2 is 2.07 bits per heavy atom. The summed E-state index contributed by atoms with van der Waals surface area (Å²) in [5.74, 6) is -0.178. The molecule has 0 spiro atoms. The summed E-state index contributed by atoms with van der Waals surface area (Å²) in [5.41, 5.74) is 6.13. The van der Waals surface area contributed by atoms with Gasteiger partial charge in [0, 0.05) is 12.7 Å². The summed E-state index contributed by atoms with van der Waals surface area (Å²) >= 11 is 0. The minimum atomic E-state index is -0.286.